The molecule has 6 heteroatoms. The highest BCUT2D eigenvalue weighted by Gasteiger charge is 2.14. The number of nitrogens with one attached hydrogen (secondary N) is 1. The predicted molar refractivity (Wildman–Crippen MR) is 90.2 cm³/mol. The summed E-state index contributed by atoms with van der Waals surface area (Å²) >= 11 is 0. The predicted octanol–water partition coefficient (Wildman–Crippen LogP) is 3.24. The van der Waals surface area contributed by atoms with Gasteiger partial charge in [0.15, 0.2) is 0 Å². The molecule has 0 saturated carbocycles. The van der Waals surface area contributed by atoms with Crippen molar-refractivity contribution in [2.45, 2.75) is 18.2 Å². The summed E-state index contributed by atoms with van der Waals surface area (Å²) in [4.78, 5) is 0.216. The molecule has 0 atom stereocenters. The number of aromatic nitrogens is 2. The Morgan fingerprint density at radius 3 is 2.30 bits per heavy atom. The topological polar surface area (TPSA) is 64.0 Å². The second-order valence-electron chi connectivity index (χ2n) is 5.10. The Hall–Kier alpha value is -2.60. The molecule has 1 aromatic heterocycles. The summed E-state index contributed by atoms with van der Waals surface area (Å²) in [5.41, 5.74) is 2.52. The smallest absolute Gasteiger partial charge is 0.261 e. The van der Waals surface area contributed by atoms with E-state index in [9.17, 15) is 8.42 Å². The van der Waals surface area contributed by atoms with Gasteiger partial charge in [-0.15, -0.1) is 0 Å². The molecule has 3 rings (SSSR count). The summed E-state index contributed by atoms with van der Waals surface area (Å²) in [6, 6.07) is 15.8. The molecular weight excluding hydrogens is 310 g/mol. The summed E-state index contributed by atoms with van der Waals surface area (Å²) in [6.45, 7) is 2.06. The van der Waals surface area contributed by atoms with Gasteiger partial charge in [-0.25, -0.2) is 13.1 Å². The Labute approximate surface area is 135 Å². The van der Waals surface area contributed by atoms with Crippen LogP contribution in [0.3, 0.4) is 0 Å². The first-order chi connectivity index (χ1) is 11.1. The molecule has 0 saturated heterocycles. The number of rotatable bonds is 5. The fourth-order valence-electron chi connectivity index (χ4n) is 2.22. The fourth-order valence-corrected chi connectivity index (χ4v) is 3.28. The monoisotopic (exact) mass is 327 g/mol. The van der Waals surface area contributed by atoms with Crippen LogP contribution in [0.1, 0.15) is 12.5 Å². The second-order valence-corrected chi connectivity index (χ2v) is 6.78. The van der Waals surface area contributed by atoms with E-state index in [-0.39, 0.29) is 4.90 Å². The first-order valence-electron chi connectivity index (χ1n) is 7.30. The van der Waals surface area contributed by atoms with Crippen LogP contribution < -0.4 is 4.72 Å². The SMILES string of the molecule is CCc1ccc(NS(=O)(=O)c2ccc(-n3cccn3)cc2)cc1. The first-order valence-corrected chi connectivity index (χ1v) is 8.78. The van der Waals surface area contributed by atoms with Gasteiger partial charge in [0.2, 0.25) is 0 Å². The standard InChI is InChI=1S/C17H17N3O2S/c1-2-14-4-6-15(7-5-14)19-23(21,22)17-10-8-16(9-11-17)20-13-3-12-18-20/h3-13,19H,2H2,1H3. The van der Waals surface area contributed by atoms with Crippen molar-refractivity contribution in [2.75, 3.05) is 4.72 Å². The van der Waals surface area contributed by atoms with Crippen molar-refractivity contribution in [3.05, 3.63) is 72.6 Å². The molecule has 2 aromatic carbocycles. The number of benzene rings is 2. The summed E-state index contributed by atoms with van der Waals surface area (Å²) in [6.07, 6.45) is 4.39. The van der Waals surface area contributed by atoms with Gasteiger partial charge in [-0.3, -0.25) is 4.72 Å². The van der Waals surface area contributed by atoms with Gasteiger partial charge >= 0.3 is 0 Å². The molecule has 0 aliphatic heterocycles. The largest absolute Gasteiger partial charge is 0.280 e. The van der Waals surface area contributed by atoms with E-state index < -0.39 is 10.0 Å². The number of nitrogens with zero attached hydrogens (tertiary/aromatic N) is 2. The number of hydrogen-bond donors (Lipinski definition) is 1. The Bertz CT molecular complexity index is 869. The van der Waals surface area contributed by atoms with Crippen LogP contribution in [-0.4, -0.2) is 18.2 Å². The van der Waals surface area contributed by atoms with E-state index in [4.69, 9.17) is 0 Å². The lowest BCUT2D eigenvalue weighted by Crippen LogP contribution is -2.13. The van der Waals surface area contributed by atoms with Crippen molar-refractivity contribution >= 4 is 15.7 Å². The zero-order chi connectivity index (χ0) is 16.3. The molecule has 0 unspecified atom stereocenters. The molecule has 0 fully saturated rings. The van der Waals surface area contributed by atoms with Gasteiger partial charge in [0, 0.05) is 18.1 Å². The molecule has 1 N–H and O–H groups in total. The minimum absolute atomic E-state index is 0.216. The fraction of sp³-hybridized carbons (Fsp3) is 0.118. The number of hydrogen-bond acceptors (Lipinski definition) is 3. The normalized spacial score (nSPS) is 11.3. The Balaban J connectivity index is 1.81. The van der Waals surface area contributed by atoms with Crippen molar-refractivity contribution in [1.82, 2.24) is 9.78 Å². The first kappa shape index (κ1) is 15.3. The number of aryl methyl sites for hydroxylation is 1. The molecule has 118 valence electrons. The van der Waals surface area contributed by atoms with Crippen molar-refractivity contribution in [2.24, 2.45) is 0 Å². The lowest BCUT2D eigenvalue weighted by Gasteiger charge is -2.09. The van der Waals surface area contributed by atoms with E-state index >= 15 is 0 Å². The van der Waals surface area contributed by atoms with Crippen molar-refractivity contribution < 1.29 is 8.42 Å². The van der Waals surface area contributed by atoms with Crippen molar-refractivity contribution in [3.63, 3.8) is 0 Å². The van der Waals surface area contributed by atoms with Gasteiger partial charge in [0.1, 0.15) is 0 Å². The van der Waals surface area contributed by atoms with E-state index in [0.29, 0.717) is 5.69 Å². The summed E-state index contributed by atoms with van der Waals surface area (Å²) in [5, 5.41) is 4.11. The molecule has 0 aliphatic carbocycles. The molecule has 0 amide bonds. The number of sulfonamides is 1. The van der Waals surface area contributed by atoms with Gasteiger partial charge in [0.25, 0.3) is 10.0 Å². The summed E-state index contributed by atoms with van der Waals surface area (Å²) in [5.74, 6) is 0. The summed E-state index contributed by atoms with van der Waals surface area (Å²) < 4.78 is 29.1. The van der Waals surface area contributed by atoms with Crippen molar-refractivity contribution in [3.8, 4) is 5.69 Å². The van der Waals surface area contributed by atoms with Crippen LogP contribution in [-0.2, 0) is 16.4 Å². The second kappa shape index (κ2) is 6.26. The van der Waals surface area contributed by atoms with Gasteiger partial charge in [-0.05, 0) is 54.4 Å². The zero-order valence-corrected chi connectivity index (χ0v) is 13.5. The zero-order valence-electron chi connectivity index (χ0n) is 12.7. The van der Waals surface area contributed by atoms with E-state index in [1.165, 1.54) is 0 Å². The molecule has 23 heavy (non-hydrogen) atoms. The average molecular weight is 327 g/mol. The maximum Gasteiger partial charge on any atom is 0.261 e. The van der Waals surface area contributed by atoms with Crippen LogP contribution >= 0.6 is 0 Å². The molecule has 3 aromatic rings. The molecule has 1 heterocycles. The van der Waals surface area contributed by atoms with Gasteiger partial charge < -0.3 is 0 Å². The van der Waals surface area contributed by atoms with E-state index in [0.717, 1.165) is 17.7 Å². The van der Waals surface area contributed by atoms with Crippen LogP contribution in [0.2, 0.25) is 0 Å². The van der Waals surface area contributed by atoms with Gasteiger partial charge in [0.05, 0.1) is 10.6 Å². The molecular formula is C17H17N3O2S. The molecule has 0 aliphatic rings. The molecule has 5 nitrogen and oxygen atoms in total. The third kappa shape index (κ3) is 3.43. The Kier molecular flexibility index (Phi) is 4.16. The maximum atomic E-state index is 12.4. The molecule has 0 bridgehead atoms. The van der Waals surface area contributed by atoms with E-state index in [1.54, 1.807) is 53.5 Å². The summed E-state index contributed by atoms with van der Waals surface area (Å²) in [7, 11) is -3.60. The van der Waals surface area contributed by atoms with Crippen LogP contribution in [0.25, 0.3) is 5.69 Å². The quantitative estimate of drug-likeness (QED) is 0.782. The maximum absolute atomic E-state index is 12.4. The lowest BCUT2D eigenvalue weighted by atomic mass is 10.2. The third-order valence-electron chi connectivity index (χ3n) is 3.53. The lowest BCUT2D eigenvalue weighted by molar-refractivity contribution is 0.601. The molecule has 0 radical (unpaired) electrons. The average Bonchev–Trinajstić information content (AvgIpc) is 3.10. The van der Waals surface area contributed by atoms with Crippen LogP contribution in [0.15, 0.2) is 71.9 Å². The third-order valence-corrected chi connectivity index (χ3v) is 4.93. The Morgan fingerprint density at radius 1 is 1.04 bits per heavy atom. The van der Waals surface area contributed by atoms with E-state index in [1.807, 2.05) is 18.2 Å². The van der Waals surface area contributed by atoms with Crippen LogP contribution in [0.4, 0.5) is 5.69 Å². The number of anilines is 1. The van der Waals surface area contributed by atoms with Gasteiger partial charge in [-0.2, -0.15) is 5.10 Å². The Morgan fingerprint density at radius 2 is 1.74 bits per heavy atom. The van der Waals surface area contributed by atoms with Crippen molar-refractivity contribution in [1.29, 1.82) is 0 Å². The van der Waals surface area contributed by atoms with Crippen LogP contribution in [0.5, 0.6) is 0 Å². The highest BCUT2D eigenvalue weighted by atomic mass is 32.2. The molecule has 0 spiro atoms. The van der Waals surface area contributed by atoms with E-state index in [2.05, 4.69) is 16.7 Å². The highest BCUT2D eigenvalue weighted by molar-refractivity contribution is 7.92. The minimum Gasteiger partial charge on any atom is -0.280 e. The minimum atomic E-state index is -3.60. The van der Waals surface area contributed by atoms with Crippen LogP contribution in [0, 0.1) is 0 Å². The van der Waals surface area contributed by atoms with Gasteiger partial charge in [-0.1, -0.05) is 19.1 Å². The highest BCUT2D eigenvalue weighted by Crippen LogP contribution is 2.18.